The highest BCUT2D eigenvalue weighted by Gasteiger charge is 2.21. The molecule has 0 saturated carbocycles. The molecule has 2 aromatic heterocycles. The lowest BCUT2D eigenvalue weighted by Crippen LogP contribution is -2.25. The van der Waals surface area contributed by atoms with E-state index < -0.39 is 0 Å². The lowest BCUT2D eigenvalue weighted by atomic mass is 10.0. The Morgan fingerprint density at radius 1 is 1.37 bits per heavy atom. The van der Waals surface area contributed by atoms with E-state index in [0.29, 0.717) is 0 Å². The van der Waals surface area contributed by atoms with Gasteiger partial charge in [0.1, 0.15) is 0 Å². The second kappa shape index (κ2) is 5.84. The molecule has 0 aromatic carbocycles. The van der Waals surface area contributed by atoms with Crippen molar-refractivity contribution in [3.05, 3.63) is 45.4 Å². The third-order valence-corrected chi connectivity index (χ3v) is 3.81. The Hall–Kier alpha value is -1.20. The lowest BCUT2D eigenvalue weighted by molar-refractivity contribution is 0.566. The van der Waals surface area contributed by atoms with Crippen LogP contribution in [0.15, 0.2) is 22.8 Å². The van der Waals surface area contributed by atoms with Crippen molar-refractivity contribution in [3.63, 3.8) is 0 Å². The summed E-state index contributed by atoms with van der Waals surface area (Å²) in [6.07, 6.45) is 1.83. The largest absolute Gasteiger partial charge is 0.305 e. The van der Waals surface area contributed by atoms with Gasteiger partial charge in [-0.3, -0.25) is 9.67 Å². The first-order chi connectivity index (χ1) is 9.04. The fourth-order valence-electron chi connectivity index (χ4n) is 2.31. The summed E-state index contributed by atoms with van der Waals surface area (Å²) in [7, 11) is 1.96. The highest BCUT2D eigenvalue weighted by Crippen LogP contribution is 2.29. The van der Waals surface area contributed by atoms with Crippen LogP contribution in [-0.4, -0.2) is 21.3 Å². The first-order valence-electron chi connectivity index (χ1n) is 6.39. The van der Waals surface area contributed by atoms with Gasteiger partial charge in [0.15, 0.2) is 0 Å². The molecule has 0 aliphatic carbocycles. The molecule has 0 spiro atoms. The molecule has 0 amide bonds. The van der Waals surface area contributed by atoms with Crippen LogP contribution < -0.4 is 5.32 Å². The number of hydrogen-bond donors (Lipinski definition) is 1. The number of hydrogen-bond acceptors (Lipinski definition) is 3. The van der Waals surface area contributed by atoms with Crippen LogP contribution in [-0.2, 0) is 7.05 Å². The molecule has 0 bridgehead atoms. The van der Waals surface area contributed by atoms with Crippen molar-refractivity contribution in [1.82, 2.24) is 20.1 Å². The zero-order chi connectivity index (χ0) is 14.0. The molecule has 102 valence electrons. The van der Waals surface area contributed by atoms with Crippen molar-refractivity contribution >= 4 is 15.9 Å². The lowest BCUT2D eigenvalue weighted by Gasteiger charge is -2.21. The summed E-state index contributed by atoms with van der Waals surface area (Å²) >= 11 is 3.58. The fraction of sp³-hybridized carbons (Fsp3) is 0.429. The van der Waals surface area contributed by atoms with Gasteiger partial charge in [-0.05, 0) is 48.0 Å². The van der Waals surface area contributed by atoms with E-state index in [0.717, 1.165) is 28.1 Å². The van der Waals surface area contributed by atoms with Crippen molar-refractivity contribution in [1.29, 1.82) is 0 Å². The smallest absolute Gasteiger partial charge is 0.0777 e. The number of aromatic nitrogens is 3. The third kappa shape index (κ3) is 2.87. The second-order valence-electron chi connectivity index (χ2n) is 4.62. The second-order valence-corrected chi connectivity index (χ2v) is 5.47. The van der Waals surface area contributed by atoms with E-state index in [2.05, 4.69) is 57.3 Å². The number of aryl methyl sites for hydroxylation is 3. The topological polar surface area (TPSA) is 42.7 Å². The van der Waals surface area contributed by atoms with Gasteiger partial charge in [-0.25, -0.2) is 0 Å². The molecule has 2 rings (SSSR count). The van der Waals surface area contributed by atoms with Crippen LogP contribution in [0.3, 0.4) is 0 Å². The maximum absolute atomic E-state index is 4.56. The van der Waals surface area contributed by atoms with Crippen LogP contribution in [0.4, 0.5) is 0 Å². The summed E-state index contributed by atoms with van der Waals surface area (Å²) in [6, 6.07) is 4.29. The van der Waals surface area contributed by atoms with Gasteiger partial charge >= 0.3 is 0 Å². The maximum Gasteiger partial charge on any atom is 0.0777 e. The van der Waals surface area contributed by atoms with Gasteiger partial charge in [-0.1, -0.05) is 13.0 Å². The Kier molecular flexibility index (Phi) is 4.37. The quantitative estimate of drug-likeness (QED) is 0.941. The average Bonchev–Trinajstić information content (AvgIpc) is 2.67. The van der Waals surface area contributed by atoms with Gasteiger partial charge in [0.25, 0.3) is 0 Å². The van der Waals surface area contributed by atoms with E-state index >= 15 is 0 Å². The van der Waals surface area contributed by atoms with Gasteiger partial charge in [-0.15, -0.1) is 0 Å². The Balaban J connectivity index is 2.51. The zero-order valence-electron chi connectivity index (χ0n) is 11.7. The molecule has 2 aromatic rings. The molecule has 19 heavy (non-hydrogen) atoms. The van der Waals surface area contributed by atoms with E-state index in [1.807, 2.05) is 24.9 Å². The van der Waals surface area contributed by atoms with Gasteiger partial charge in [0, 0.05) is 18.4 Å². The van der Waals surface area contributed by atoms with Crippen molar-refractivity contribution in [2.45, 2.75) is 26.8 Å². The maximum atomic E-state index is 4.56. The molecule has 1 N–H and O–H groups in total. The van der Waals surface area contributed by atoms with E-state index in [9.17, 15) is 0 Å². The first kappa shape index (κ1) is 14.2. The van der Waals surface area contributed by atoms with Crippen LogP contribution in [0.5, 0.6) is 0 Å². The number of halogens is 1. The predicted octanol–water partition coefficient (Wildman–Crippen LogP) is 2.89. The monoisotopic (exact) mass is 322 g/mol. The highest BCUT2D eigenvalue weighted by atomic mass is 79.9. The van der Waals surface area contributed by atoms with E-state index in [1.54, 1.807) is 0 Å². The molecule has 1 atom stereocenters. The summed E-state index contributed by atoms with van der Waals surface area (Å²) < 4.78 is 2.91. The summed E-state index contributed by atoms with van der Waals surface area (Å²) in [5, 5.41) is 7.81. The minimum Gasteiger partial charge on any atom is -0.305 e. The molecule has 4 nitrogen and oxygen atoms in total. The highest BCUT2D eigenvalue weighted by molar-refractivity contribution is 9.10. The molecule has 5 heteroatoms. The predicted molar refractivity (Wildman–Crippen MR) is 80.1 cm³/mol. The third-order valence-electron chi connectivity index (χ3n) is 3.20. The molecule has 0 aliphatic rings. The minimum atomic E-state index is 0.0972. The summed E-state index contributed by atoms with van der Waals surface area (Å²) in [6.45, 7) is 7.06. The van der Waals surface area contributed by atoms with Crippen molar-refractivity contribution < 1.29 is 0 Å². The van der Waals surface area contributed by atoms with Crippen LogP contribution in [0, 0.1) is 13.8 Å². The van der Waals surface area contributed by atoms with Crippen LogP contribution >= 0.6 is 15.9 Å². The molecule has 0 fully saturated rings. The van der Waals surface area contributed by atoms with Crippen LogP contribution in [0.1, 0.15) is 35.6 Å². The number of nitrogens with zero attached hydrogens (tertiary/aromatic N) is 3. The first-order valence-corrected chi connectivity index (χ1v) is 7.18. The number of nitrogens with one attached hydrogen (secondary N) is 1. The Morgan fingerprint density at radius 3 is 2.63 bits per heavy atom. The Morgan fingerprint density at radius 2 is 2.11 bits per heavy atom. The summed E-state index contributed by atoms with van der Waals surface area (Å²) in [4.78, 5) is 4.56. The Bertz CT molecular complexity index is 557. The average molecular weight is 323 g/mol. The fourth-order valence-corrected chi connectivity index (χ4v) is 2.88. The molecular weight excluding hydrogens is 304 g/mol. The van der Waals surface area contributed by atoms with Gasteiger partial charge in [0.2, 0.25) is 0 Å². The molecule has 2 heterocycles. The van der Waals surface area contributed by atoms with E-state index in [4.69, 9.17) is 0 Å². The SMILES string of the molecule is CCNC(c1ccc(C)nc1C)c1c(Br)cnn1C. The van der Waals surface area contributed by atoms with E-state index in [-0.39, 0.29) is 6.04 Å². The van der Waals surface area contributed by atoms with Gasteiger partial charge < -0.3 is 5.32 Å². The van der Waals surface area contributed by atoms with Crippen LogP contribution in [0.2, 0.25) is 0 Å². The van der Waals surface area contributed by atoms with Gasteiger partial charge in [-0.2, -0.15) is 5.10 Å². The molecule has 0 radical (unpaired) electrons. The van der Waals surface area contributed by atoms with Crippen LogP contribution in [0.25, 0.3) is 0 Å². The standard InChI is InChI=1S/C14H19BrN4/c1-5-16-13(14-12(15)8-17-19(14)4)11-7-6-9(2)18-10(11)3/h6-8,13,16H,5H2,1-4H3. The molecule has 0 saturated heterocycles. The van der Waals surface area contributed by atoms with Crippen molar-refractivity contribution in [2.75, 3.05) is 6.54 Å². The summed E-state index contributed by atoms with van der Waals surface area (Å²) in [5.41, 5.74) is 4.41. The van der Waals surface area contributed by atoms with E-state index in [1.165, 1.54) is 5.56 Å². The molecule has 0 aliphatic heterocycles. The normalized spacial score (nSPS) is 12.7. The minimum absolute atomic E-state index is 0.0972. The number of pyridine rings is 1. The van der Waals surface area contributed by atoms with Crippen molar-refractivity contribution in [2.24, 2.45) is 7.05 Å². The molecule has 1 unspecified atom stereocenters. The zero-order valence-corrected chi connectivity index (χ0v) is 13.3. The summed E-state index contributed by atoms with van der Waals surface area (Å²) in [5.74, 6) is 0. The Labute approximate surface area is 122 Å². The number of rotatable bonds is 4. The molecular formula is C14H19BrN4. The van der Waals surface area contributed by atoms with Crippen molar-refractivity contribution in [3.8, 4) is 0 Å². The van der Waals surface area contributed by atoms with Gasteiger partial charge in [0.05, 0.1) is 22.4 Å².